The van der Waals surface area contributed by atoms with Crippen LogP contribution in [0.5, 0.6) is 0 Å². The van der Waals surface area contributed by atoms with Gasteiger partial charge in [0.05, 0.1) is 11.9 Å². The van der Waals surface area contributed by atoms with E-state index in [-0.39, 0.29) is 24.8 Å². The molecule has 1 unspecified atom stereocenters. The van der Waals surface area contributed by atoms with Crippen LogP contribution in [0, 0.1) is 6.92 Å². The van der Waals surface area contributed by atoms with Crippen LogP contribution < -0.4 is 9.62 Å². The van der Waals surface area contributed by atoms with E-state index in [0.29, 0.717) is 25.2 Å². The van der Waals surface area contributed by atoms with Crippen LogP contribution in [-0.2, 0) is 32.6 Å². The summed E-state index contributed by atoms with van der Waals surface area (Å²) in [5.74, 6) is -0.356. The SMILES string of the molecule is CCCCNC(=O)C(C)N(Cc1ccccc1C)C(=O)CCCN(c1ccc(CC)cc1)S(C)(=O)=O. The smallest absolute Gasteiger partial charge is 0.242 e. The zero-order valence-corrected chi connectivity index (χ0v) is 23.1. The number of amides is 2. The first kappa shape index (κ1) is 29.4. The third-order valence-electron chi connectivity index (χ3n) is 6.38. The fourth-order valence-corrected chi connectivity index (χ4v) is 4.96. The number of nitrogens with zero attached hydrogens (tertiary/aromatic N) is 2. The van der Waals surface area contributed by atoms with Crippen LogP contribution in [0.15, 0.2) is 48.5 Å². The van der Waals surface area contributed by atoms with E-state index in [2.05, 4.69) is 12.2 Å². The molecule has 0 radical (unpaired) electrons. The number of rotatable bonds is 14. The summed E-state index contributed by atoms with van der Waals surface area (Å²) < 4.78 is 26.3. The Labute approximate surface area is 216 Å². The molecule has 7 nitrogen and oxygen atoms in total. The van der Waals surface area contributed by atoms with Gasteiger partial charge in [0.2, 0.25) is 21.8 Å². The lowest BCUT2D eigenvalue weighted by Crippen LogP contribution is -2.48. The predicted molar refractivity (Wildman–Crippen MR) is 146 cm³/mol. The fourth-order valence-electron chi connectivity index (χ4n) is 3.99. The molecular weight excluding hydrogens is 474 g/mol. The number of carbonyl (C=O) groups excluding carboxylic acids is 2. The summed E-state index contributed by atoms with van der Waals surface area (Å²) in [6.07, 6.45) is 4.38. The maximum atomic E-state index is 13.4. The van der Waals surface area contributed by atoms with Crippen molar-refractivity contribution >= 4 is 27.5 Å². The number of hydrogen-bond donors (Lipinski definition) is 1. The van der Waals surface area contributed by atoms with Gasteiger partial charge in [-0.05, 0) is 61.9 Å². The van der Waals surface area contributed by atoms with Crippen LogP contribution in [0.1, 0.15) is 63.1 Å². The maximum absolute atomic E-state index is 13.4. The third-order valence-corrected chi connectivity index (χ3v) is 7.58. The van der Waals surface area contributed by atoms with E-state index < -0.39 is 16.1 Å². The Morgan fingerprint density at radius 2 is 1.67 bits per heavy atom. The molecule has 0 saturated carbocycles. The molecule has 36 heavy (non-hydrogen) atoms. The molecule has 2 amide bonds. The zero-order chi connectivity index (χ0) is 26.7. The number of aryl methyl sites for hydroxylation is 2. The van der Waals surface area contributed by atoms with Gasteiger partial charge in [0, 0.05) is 26.1 Å². The van der Waals surface area contributed by atoms with Crippen LogP contribution in [-0.4, -0.2) is 50.5 Å². The van der Waals surface area contributed by atoms with Gasteiger partial charge < -0.3 is 10.2 Å². The van der Waals surface area contributed by atoms with Gasteiger partial charge >= 0.3 is 0 Å². The van der Waals surface area contributed by atoms with Gasteiger partial charge in [-0.2, -0.15) is 0 Å². The first-order valence-corrected chi connectivity index (χ1v) is 14.6. The molecule has 0 fully saturated rings. The van der Waals surface area contributed by atoms with E-state index in [4.69, 9.17) is 0 Å². The van der Waals surface area contributed by atoms with Gasteiger partial charge in [0.25, 0.3) is 0 Å². The van der Waals surface area contributed by atoms with E-state index in [0.717, 1.165) is 36.0 Å². The average molecular weight is 516 g/mol. The van der Waals surface area contributed by atoms with Gasteiger partial charge in [-0.3, -0.25) is 13.9 Å². The topological polar surface area (TPSA) is 86.8 Å². The molecule has 2 aromatic rings. The molecule has 1 N–H and O–H groups in total. The molecule has 0 heterocycles. The number of unbranched alkanes of at least 4 members (excludes halogenated alkanes) is 1. The summed E-state index contributed by atoms with van der Waals surface area (Å²) in [5.41, 5.74) is 3.74. The number of benzene rings is 2. The van der Waals surface area contributed by atoms with Crippen molar-refractivity contribution in [3.63, 3.8) is 0 Å². The zero-order valence-electron chi connectivity index (χ0n) is 22.3. The van der Waals surface area contributed by atoms with Gasteiger partial charge in [0.15, 0.2) is 0 Å². The molecule has 0 bridgehead atoms. The Morgan fingerprint density at radius 1 is 1.00 bits per heavy atom. The monoisotopic (exact) mass is 515 g/mol. The summed E-state index contributed by atoms with van der Waals surface area (Å²) in [5, 5.41) is 2.92. The Hall–Kier alpha value is -2.87. The minimum absolute atomic E-state index is 0.136. The highest BCUT2D eigenvalue weighted by Gasteiger charge is 2.26. The summed E-state index contributed by atoms with van der Waals surface area (Å²) in [6.45, 7) is 8.91. The van der Waals surface area contributed by atoms with Crippen molar-refractivity contribution in [3.05, 3.63) is 65.2 Å². The van der Waals surface area contributed by atoms with Crippen LogP contribution in [0.4, 0.5) is 5.69 Å². The first-order chi connectivity index (χ1) is 17.1. The normalized spacial score (nSPS) is 12.1. The maximum Gasteiger partial charge on any atom is 0.242 e. The highest BCUT2D eigenvalue weighted by molar-refractivity contribution is 7.92. The molecule has 0 aliphatic rings. The van der Waals surface area contributed by atoms with E-state index in [9.17, 15) is 18.0 Å². The third kappa shape index (κ3) is 8.66. The van der Waals surface area contributed by atoms with Crippen LogP contribution in [0.2, 0.25) is 0 Å². The highest BCUT2D eigenvalue weighted by atomic mass is 32.2. The van der Waals surface area contributed by atoms with E-state index in [1.165, 1.54) is 10.6 Å². The van der Waals surface area contributed by atoms with Crippen molar-refractivity contribution in [3.8, 4) is 0 Å². The Kier molecular flexibility index (Phi) is 11.4. The number of anilines is 1. The van der Waals surface area contributed by atoms with Crippen molar-refractivity contribution in [1.82, 2.24) is 10.2 Å². The van der Waals surface area contributed by atoms with Crippen LogP contribution in [0.25, 0.3) is 0 Å². The van der Waals surface area contributed by atoms with Crippen molar-refractivity contribution in [1.29, 1.82) is 0 Å². The van der Waals surface area contributed by atoms with Gasteiger partial charge in [-0.15, -0.1) is 0 Å². The second-order valence-electron chi connectivity index (χ2n) is 9.23. The average Bonchev–Trinajstić information content (AvgIpc) is 2.85. The van der Waals surface area contributed by atoms with Crippen molar-refractivity contribution in [2.24, 2.45) is 0 Å². The largest absolute Gasteiger partial charge is 0.354 e. The molecule has 2 rings (SSSR count). The summed E-state index contributed by atoms with van der Waals surface area (Å²) in [4.78, 5) is 27.8. The fraction of sp³-hybridized carbons (Fsp3) is 0.500. The molecule has 0 spiro atoms. The number of sulfonamides is 1. The molecule has 0 aliphatic carbocycles. The summed E-state index contributed by atoms with van der Waals surface area (Å²) in [7, 11) is -3.51. The van der Waals surface area contributed by atoms with Crippen LogP contribution in [0.3, 0.4) is 0 Å². The molecule has 0 saturated heterocycles. The van der Waals surface area contributed by atoms with Crippen molar-refractivity contribution in [2.75, 3.05) is 23.7 Å². The summed E-state index contributed by atoms with van der Waals surface area (Å²) in [6, 6.07) is 14.6. The number of nitrogens with one attached hydrogen (secondary N) is 1. The molecule has 0 aliphatic heterocycles. The van der Waals surface area contributed by atoms with Gasteiger partial charge in [-0.25, -0.2) is 8.42 Å². The van der Waals surface area contributed by atoms with Crippen molar-refractivity contribution < 1.29 is 18.0 Å². The van der Waals surface area contributed by atoms with Crippen molar-refractivity contribution in [2.45, 2.75) is 72.4 Å². The molecule has 8 heteroatoms. The van der Waals surface area contributed by atoms with Crippen LogP contribution >= 0.6 is 0 Å². The minimum atomic E-state index is -3.51. The lowest BCUT2D eigenvalue weighted by Gasteiger charge is -2.30. The minimum Gasteiger partial charge on any atom is -0.354 e. The Bertz CT molecular complexity index is 1100. The number of carbonyl (C=O) groups is 2. The standard InChI is InChI=1S/C28H41N3O4S/c1-6-8-19-29-28(33)23(4)30(21-25-13-10-9-12-22(25)3)27(32)14-11-20-31(36(5,34)35)26-17-15-24(7-2)16-18-26/h9-10,12-13,15-18,23H,6-8,11,14,19-21H2,1-5H3,(H,29,33). The Morgan fingerprint density at radius 3 is 2.25 bits per heavy atom. The molecule has 1 atom stereocenters. The summed E-state index contributed by atoms with van der Waals surface area (Å²) >= 11 is 0. The lowest BCUT2D eigenvalue weighted by atomic mass is 10.1. The molecule has 198 valence electrons. The molecule has 0 aromatic heterocycles. The molecular formula is C28H41N3O4S. The van der Waals surface area contributed by atoms with E-state index in [1.807, 2.05) is 50.2 Å². The lowest BCUT2D eigenvalue weighted by molar-refractivity contribution is -0.140. The van der Waals surface area contributed by atoms with Gasteiger partial charge in [-0.1, -0.05) is 56.7 Å². The van der Waals surface area contributed by atoms with E-state index in [1.54, 1.807) is 24.0 Å². The Balaban J connectivity index is 2.15. The second kappa shape index (κ2) is 14.0. The second-order valence-corrected chi connectivity index (χ2v) is 11.1. The van der Waals surface area contributed by atoms with Gasteiger partial charge in [0.1, 0.15) is 6.04 Å². The number of hydrogen-bond acceptors (Lipinski definition) is 4. The quantitative estimate of drug-likeness (QED) is 0.377. The first-order valence-electron chi connectivity index (χ1n) is 12.8. The highest BCUT2D eigenvalue weighted by Crippen LogP contribution is 2.20. The predicted octanol–water partition coefficient (Wildman–Crippen LogP) is 4.44. The van der Waals surface area contributed by atoms with E-state index >= 15 is 0 Å². The molecule has 2 aromatic carbocycles.